The van der Waals surface area contributed by atoms with E-state index < -0.39 is 30.2 Å². The van der Waals surface area contributed by atoms with Crippen molar-refractivity contribution in [3.8, 4) is 56.7 Å². The summed E-state index contributed by atoms with van der Waals surface area (Å²) in [5.41, 5.74) is 9.94. The summed E-state index contributed by atoms with van der Waals surface area (Å²) in [5, 5.41) is 6.15. The number of furan rings is 1. The van der Waals surface area contributed by atoms with Crippen LogP contribution in [0.3, 0.4) is 0 Å². The van der Waals surface area contributed by atoms with Crippen molar-refractivity contribution in [3.63, 3.8) is 0 Å². The van der Waals surface area contributed by atoms with Crippen LogP contribution in [0.1, 0.15) is 6.85 Å². The van der Waals surface area contributed by atoms with Gasteiger partial charge in [-0.2, -0.15) is 0 Å². The van der Waals surface area contributed by atoms with Gasteiger partial charge in [0.15, 0.2) is 17.5 Å². The van der Waals surface area contributed by atoms with Crippen molar-refractivity contribution in [2.75, 3.05) is 0 Å². The van der Waals surface area contributed by atoms with E-state index in [1.807, 2.05) is 103 Å². The second kappa shape index (κ2) is 14.0. The van der Waals surface area contributed by atoms with Crippen LogP contribution < -0.4 is 0 Å². The van der Waals surface area contributed by atoms with E-state index in [1.54, 1.807) is 0 Å². The first kappa shape index (κ1) is 30.4. The molecule has 6 heteroatoms. The Morgan fingerprint density at radius 2 is 0.841 bits per heavy atom. The average Bonchev–Trinajstić information content (AvgIpc) is 4.05. The predicted octanol–water partition coefficient (Wildman–Crippen LogP) is 14.6. The highest BCUT2D eigenvalue weighted by Crippen LogP contribution is 2.43. The van der Waals surface area contributed by atoms with Crippen LogP contribution in [0.15, 0.2) is 217 Å². The van der Waals surface area contributed by atoms with Crippen molar-refractivity contribution >= 4 is 65.6 Å². The molecule has 0 bridgehead atoms. The van der Waals surface area contributed by atoms with Gasteiger partial charge < -0.3 is 13.6 Å². The van der Waals surface area contributed by atoms with Gasteiger partial charge in [0.25, 0.3) is 0 Å². The van der Waals surface area contributed by atoms with Gasteiger partial charge in [0, 0.05) is 60.4 Å². The average molecular weight is 811 g/mol. The fourth-order valence-electron chi connectivity index (χ4n) is 9.31. The van der Waals surface area contributed by atoms with Crippen LogP contribution in [-0.2, 0) is 0 Å². The second-order valence-electron chi connectivity index (χ2n) is 15.6. The fourth-order valence-corrected chi connectivity index (χ4v) is 9.31. The molecule has 0 radical (unpaired) electrons. The van der Waals surface area contributed by atoms with E-state index in [9.17, 15) is 0 Å². The van der Waals surface area contributed by atoms with Crippen LogP contribution in [0.25, 0.3) is 122 Å². The Bertz CT molecular complexity index is 4100. The monoisotopic (exact) mass is 810 g/mol. The summed E-state index contributed by atoms with van der Waals surface area (Å²) in [6.45, 7) is 0. The minimum atomic E-state index is -0.505. The summed E-state index contributed by atoms with van der Waals surface area (Å²) >= 11 is 0. The van der Waals surface area contributed by atoms with Gasteiger partial charge in [0.2, 0.25) is 0 Å². The zero-order valence-electron chi connectivity index (χ0n) is 38.5. The maximum Gasteiger partial charge on any atom is 0.167 e. The summed E-state index contributed by atoms with van der Waals surface area (Å²) in [6, 6.07) is 59.3. The van der Waals surface area contributed by atoms with Gasteiger partial charge in [0.05, 0.1) is 34.5 Å². The molecule has 4 heterocycles. The third kappa shape index (κ3) is 5.55. The van der Waals surface area contributed by atoms with E-state index in [4.69, 9.17) is 26.2 Å². The number of hydrogen-bond acceptors (Lipinski definition) is 4. The topological polar surface area (TPSA) is 61.7 Å². The Kier molecular flexibility index (Phi) is 6.75. The van der Waals surface area contributed by atoms with Crippen molar-refractivity contribution in [2.24, 2.45) is 0 Å². The Morgan fingerprint density at radius 1 is 0.349 bits per heavy atom. The van der Waals surface area contributed by atoms with Crippen molar-refractivity contribution in [3.05, 3.63) is 212 Å². The molecule has 0 amide bonds. The lowest BCUT2D eigenvalue weighted by Gasteiger charge is -2.13. The van der Waals surface area contributed by atoms with E-state index in [-0.39, 0.29) is 23.0 Å². The molecular weight excluding hydrogens is 771 g/mol. The number of hydrogen-bond donors (Lipinski definition) is 0. The van der Waals surface area contributed by atoms with Crippen molar-refractivity contribution in [2.45, 2.75) is 0 Å². The van der Waals surface area contributed by atoms with E-state index in [1.165, 1.54) is 0 Å². The van der Waals surface area contributed by atoms with Gasteiger partial charge in [-0.1, -0.05) is 164 Å². The summed E-state index contributed by atoms with van der Waals surface area (Å²) in [5.74, 6) is 0.378. The molecule has 294 valence electrons. The lowest BCUT2D eigenvalue weighted by molar-refractivity contribution is 0.670. The molecule has 0 unspecified atom stereocenters. The molecule has 9 aromatic carbocycles. The van der Waals surface area contributed by atoms with Crippen LogP contribution in [0.2, 0.25) is 0 Å². The number of para-hydroxylation sites is 5. The molecule has 0 aliphatic rings. The van der Waals surface area contributed by atoms with Gasteiger partial charge in [0.1, 0.15) is 11.2 Å². The molecule has 0 aliphatic carbocycles. The van der Waals surface area contributed by atoms with Crippen LogP contribution in [0.5, 0.6) is 0 Å². The molecule has 0 saturated carbocycles. The number of fused-ring (bicyclic) bond motifs is 9. The van der Waals surface area contributed by atoms with Crippen LogP contribution >= 0.6 is 0 Å². The number of rotatable bonds is 6. The normalized spacial score (nSPS) is 12.9. The molecule has 0 saturated heterocycles. The molecule has 6 nitrogen and oxygen atoms in total. The molecule has 0 fully saturated rings. The van der Waals surface area contributed by atoms with Gasteiger partial charge in [-0.15, -0.1) is 0 Å². The minimum Gasteiger partial charge on any atom is -0.455 e. The molecular formula is C57H35N5O. The number of benzene rings is 9. The first-order valence-corrected chi connectivity index (χ1v) is 20.8. The van der Waals surface area contributed by atoms with E-state index >= 15 is 0 Å². The third-order valence-electron chi connectivity index (χ3n) is 12.0. The number of nitrogens with zero attached hydrogens (tertiary/aromatic N) is 5. The van der Waals surface area contributed by atoms with Gasteiger partial charge >= 0.3 is 0 Å². The standard InChI is InChI=1S/C57H35N5O/c1-3-17-36(18-4-1)41-27-16-28-46-47-34-40(62-51-31-13-9-25-44(51)45-26-10-14-32-52(45)62)35-48(54(47)63-53(41)46)57-59-55(37-19-5-2-6-20-37)58-56(60-57)38-21-15-22-39(33-38)61-49-29-11-7-23-42(49)43-24-8-12-30-50(43)61/h1-35H/i2D,5D,6D,19D,20D. The summed E-state index contributed by atoms with van der Waals surface area (Å²) in [7, 11) is 0. The largest absolute Gasteiger partial charge is 0.455 e. The molecule has 0 spiro atoms. The van der Waals surface area contributed by atoms with Gasteiger partial charge in [-0.05, 0) is 54.1 Å². The maximum atomic E-state index is 9.10. The molecule has 0 N–H and O–H groups in total. The highest BCUT2D eigenvalue weighted by Gasteiger charge is 2.23. The van der Waals surface area contributed by atoms with Crippen LogP contribution in [0.4, 0.5) is 0 Å². The minimum absolute atomic E-state index is 0.0687. The van der Waals surface area contributed by atoms with Gasteiger partial charge in [-0.3, -0.25) is 0 Å². The Labute approximate surface area is 368 Å². The Morgan fingerprint density at radius 3 is 1.48 bits per heavy atom. The SMILES string of the molecule is [2H]c1c([2H])c([2H])c(-c2nc(-c3cccc(-n4c5ccccc5c5ccccc54)c3)nc(-c3cc(-n4c5ccccc5c5ccccc54)cc4c3oc3c(-c5ccccc5)cccc34)n2)c([2H])c1[2H]. The third-order valence-corrected chi connectivity index (χ3v) is 12.0. The Hall–Kier alpha value is -8.61. The van der Waals surface area contributed by atoms with E-state index in [0.29, 0.717) is 22.3 Å². The smallest absolute Gasteiger partial charge is 0.167 e. The zero-order valence-corrected chi connectivity index (χ0v) is 33.5. The molecule has 0 aliphatic heterocycles. The summed E-state index contributed by atoms with van der Waals surface area (Å²) < 4.78 is 55.4. The lowest BCUT2D eigenvalue weighted by atomic mass is 10.0. The number of aromatic nitrogens is 5. The van der Waals surface area contributed by atoms with E-state index in [2.05, 4.69) is 88.0 Å². The quantitative estimate of drug-likeness (QED) is 0.168. The van der Waals surface area contributed by atoms with Crippen molar-refractivity contribution < 1.29 is 11.3 Å². The maximum absolute atomic E-state index is 9.10. The van der Waals surface area contributed by atoms with Gasteiger partial charge in [-0.25, -0.2) is 15.0 Å². The fraction of sp³-hybridized carbons (Fsp3) is 0. The molecule has 13 rings (SSSR count). The van der Waals surface area contributed by atoms with Crippen LogP contribution in [0, 0.1) is 0 Å². The first-order valence-electron chi connectivity index (χ1n) is 23.3. The summed E-state index contributed by atoms with van der Waals surface area (Å²) in [4.78, 5) is 15.3. The Balaban J connectivity index is 1.13. The van der Waals surface area contributed by atoms with Crippen molar-refractivity contribution in [1.82, 2.24) is 24.1 Å². The van der Waals surface area contributed by atoms with E-state index in [0.717, 1.165) is 76.9 Å². The molecule has 0 atom stereocenters. The van der Waals surface area contributed by atoms with Crippen LogP contribution in [-0.4, -0.2) is 24.1 Å². The zero-order chi connectivity index (χ0) is 45.8. The molecule has 4 aromatic heterocycles. The molecule has 13 aromatic rings. The lowest BCUT2D eigenvalue weighted by Crippen LogP contribution is -2.02. The van der Waals surface area contributed by atoms with Crippen molar-refractivity contribution in [1.29, 1.82) is 0 Å². The first-order chi connectivity index (χ1) is 33.3. The summed E-state index contributed by atoms with van der Waals surface area (Å²) in [6.07, 6.45) is 0. The highest BCUT2D eigenvalue weighted by atomic mass is 16.3. The second-order valence-corrected chi connectivity index (χ2v) is 15.6. The predicted molar refractivity (Wildman–Crippen MR) is 258 cm³/mol. The molecule has 63 heavy (non-hydrogen) atoms. The highest BCUT2D eigenvalue weighted by molar-refractivity contribution is 6.15.